The van der Waals surface area contributed by atoms with Crippen LogP contribution in [0.15, 0.2) is 18.2 Å². The van der Waals surface area contributed by atoms with Crippen molar-refractivity contribution in [2.24, 2.45) is 5.92 Å². The SMILES string of the molecule is CCC1CCCC(N2C(=O)c3cccc(N)c3C2=O)CC1. The smallest absolute Gasteiger partial charge is 0.263 e. The third kappa shape index (κ3) is 2.33. The topological polar surface area (TPSA) is 63.4 Å². The molecule has 2 N–H and O–H groups in total. The van der Waals surface area contributed by atoms with Crippen molar-refractivity contribution in [3.8, 4) is 0 Å². The molecule has 21 heavy (non-hydrogen) atoms. The second-order valence-electron chi connectivity index (χ2n) is 6.19. The van der Waals surface area contributed by atoms with Crippen LogP contribution in [0.1, 0.15) is 66.2 Å². The standard InChI is InChI=1S/C17H22N2O2/c1-2-11-5-3-6-12(10-9-11)19-16(20)13-7-4-8-14(18)15(13)17(19)21/h4,7-8,11-12H,2-3,5-6,9-10,18H2,1H3. The third-order valence-corrected chi connectivity index (χ3v) is 4.98. The Kier molecular flexibility index (Phi) is 3.70. The summed E-state index contributed by atoms with van der Waals surface area (Å²) in [6.45, 7) is 2.22. The van der Waals surface area contributed by atoms with Gasteiger partial charge in [0.15, 0.2) is 0 Å². The molecule has 1 fully saturated rings. The maximum atomic E-state index is 12.6. The Morgan fingerprint density at radius 3 is 2.67 bits per heavy atom. The van der Waals surface area contributed by atoms with E-state index in [1.807, 2.05) is 0 Å². The zero-order valence-corrected chi connectivity index (χ0v) is 12.5. The molecule has 0 radical (unpaired) electrons. The lowest BCUT2D eigenvalue weighted by Gasteiger charge is -2.25. The van der Waals surface area contributed by atoms with E-state index in [4.69, 9.17) is 5.73 Å². The van der Waals surface area contributed by atoms with Crippen LogP contribution in [0.2, 0.25) is 0 Å². The number of rotatable bonds is 2. The van der Waals surface area contributed by atoms with Crippen molar-refractivity contribution >= 4 is 17.5 Å². The van der Waals surface area contributed by atoms with E-state index in [0.717, 1.165) is 31.6 Å². The Bertz CT molecular complexity index is 582. The van der Waals surface area contributed by atoms with Gasteiger partial charge in [-0.3, -0.25) is 14.5 Å². The van der Waals surface area contributed by atoms with E-state index < -0.39 is 0 Å². The van der Waals surface area contributed by atoms with E-state index in [2.05, 4.69) is 6.92 Å². The number of amides is 2. The molecule has 1 saturated carbocycles. The van der Waals surface area contributed by atoms with Crippen molar-refractivity contribution in [3.05, 3.63) is 29.3 Å². The summed E-state index contributed by atoms with van der Waals surface area (Å²) in [7, 11) is 0. The summed E-state index contributed by atoms with van der Waals surface area (Å²) in [5, 5.41) is 0. The van der Waals surface area contributed by atoms with E-state index in [0.29, 0.717) is 16.8 Å². The van der Waals surface area contributed by atoms with Crippen LogP contribution in [-0.4, -0.2) is 22.8 Å². The number of nitrogen functional groups attached to an aromatic ring is 1. The Hall–Kier alpha value is -1.84. The fourth-order valence-electron chi connectivity index (χ4n) is 3.69. The zero-order chi connectivity index (χ0) is 15.0. The molecule has 1 heterocycles. The molecule has 3 rings (SSSR count). The van der Waals surface area contributed by atoms with E-state index in [9.17, 15) is 9.59 Å². The van der Waals surface area contributed by atoms with Crippen molar-refractivity contribution < 1.29 is 9.59 Å². The molecule has 0 aromatic heterocycles. The molecule has 1 aromatic rings. The largest absolute Gasteiger partial charge is 0.398 e. The number of anilines is 1. The van der Waals surface area contributed by atoms with Crippen molar-refractivity contribution in [2.75, 3.05) is 5.73 Å². The van der Waals surface area contributed by atoms with E-state index in [-0.39, 0.29) is 17.9 Å². The molecule has 2 unspecified atom stereocenters. The lowest BCUT2D eigenvalue weighted by Crippen LogP contribution is -2.39. The average Bonchev–Trinajstić information content (AvgIpc) is 2.66. The number of hydrogen-bond acceptors (Lipinski definition) is 3. The van der Waals surface area contributed by atoms with Crippen LogP contribution in [0, 0.1) is 5.92 Å². The first-order valence-corrected chi connectivity index (χ1v) is 7.89. The molecule has 0 spiro atoms. The first-order chi connectivity index (χ1) is 10.1. The molecule has 0 bridgehead atoms. The molecule has 4 heteroatoms. The Morgan fingerprint density at radius 2 is 1.95 bits per heavy atom. The van der Waals surface area contributed by atoms with Gasteiger partial charge in [-0.05, 0) is 37.3 Å². The van der Waals surface area contributed by atoms with Crippen LogP contribution in [0.4, 0.5) is 5.69 Å². The van der Waals surface area contributed by atoms with Gasteiger partial charge in [0.1, 0.15) is 0 Å². The molecule has 1 aliphatic heterocycles. The summed E-state index contributed by atoms with van der Waals surface area (Å²) < 4.78 is 0. The first kappa shape index (κ1) is 14.1. The number of fused-ring (bicyclic) bond motifs is 1. The highest BCUT2D eigenvalue weighted by Crippen LogP contribution is 2.34. The number of imide groups is 1. The van der Waals surface area contributed by atoms with Gasteiger partial charge in [-0.25, -0.2) is 0 Å². The van der Waals surface area contributed by atoms with Crippen molar-refractivity contribution in [3.63, 3.8) is 0 Å². The number of carbonyl (C=O) groups excluding carboxylic acids is 2. The Morgan fingerprint density at radius 1 is 1.14 bits per heavy atom. The van der Waals surface area contributed by atoms with Gasteiger partial charge < -0.3 is 5.73 Å². The molecule has 2 amide bonds. The highest BCUT2D eigenvalue weighted by atomic mass is 16.2. The minimum absolute atomic E-state index is 0.0355. The molecular weight excluding hydrogens is 264 g/mol. The van der Waals surface area contributed by atoms with Crippen LogP contribution in [0.5, 0.6) is 0 Å². The summed E-state index contributed by atoms with van der Waals surface area (Å²) in [5.41, 5.74) is 7.17. The molecule has 1 aliphatic carbocycles. The molecule has 1 aromatic carbocycles. The number of nitrogens with two attached hydrogens (primary N) is 1. The van der Waals surface area contributed by atoms with Crippen molar-refractivity contribution in [1.29, 1.82) is 0 Å². The summed E-state index contributed by atoms with van der Waals surface area (Å²) in [6.07, 6.45) is 6.42. The molecule has 0 saturated heterocycles. The normalized spacial score (nSPS) is 25.9. The quantitative estimate of drug-likeness (QED) is 0.516. The number of hydrogen-bond donors (Lipinski definition) is 1. The minimum atomic E-state index is -0.201. The zero-order valence-electron chi connectivity index (χ0n) is 12.5. The van der Waals surface area contributed by atoms with Gasteiger partial charge in [0.25, 0.3) is 11.8 Å². The van der Waals surface area contributed by atoms with Crippen LogP contribution in [0.3, 0.4) is 0 Å². The van der Waals surface area contributed by atoms with Gasteiger partial charge in [-0.1, -0.05) is 32.3 Å². The maximum absolute atomic E-state index is 12.6. The van der Waals surface area contributed by atoms with Gasteiger partial charge >= 0.3 is 0 Å². The predicted octanol–water partition coefficient (Wildman–Crippen LogP) is 3.22. The van der Waals surface area contributed by atoms with Crippen LogP contribution >= 0.6 is 0 Å². The second-order valence-corrected chi connectivity index (χ2v) is 6.19. The summed E-state index contributed by atoms with van der Waals surface area (Å²) in [6, 6.07) is 5.17. The summed E-state index contributed by atoms with van der Waals surface area (Å²) in [5.74, 6) is 0.366. The highest BCUT2D eigenvalue weighted by molar-refractivity contribution is 6.23. The summed E-state index contributed by atoms with van der Waals surface area (Å²) >= 11 is 0. The fourth-order valence-corrected chi connectivity index (χ4v) is 3.69. The fraction of sp³-hybridized carbons (Fsp3) is 0.529. The molecule has 4 nitrogen and oxygen atoms in total. The summed E-state index contributed by atoms with van der Waals surface area (Å²) in [4.78, 5) is 26.7. The number of carbonyl (C=O) groups is 2. The van der Waals surface area contributed by atoms with E-state index in [1.165, 1.54) is 17.7 Å². The first-order valence-electron chi connectivity index (χ1n) is 7.89. The van der Waals surface area contributed by atoms with Crippen molar-refractivity contribution in [1.82, 2.24) is 4.90 Å². The highest BCUT2D eigenvalue weighted by Gasteiger charge is 2.41. The average molecular weight is 286 g/mol. The monoisotopic (exact) mass is 286 g/mol. The maximum Gasteiger partial charge on any atom is 0.263 e. The second kappa shape index (κ2) is 5.51. The van der Waals surface area contributed by atoms with Crippen LogP contribution in [0.25, 0.3) is 0 Å². The Labute approximate surface area is 125 Å². The van der Waals surface area contributed by atoms with Crippen molar-refractivity contribution in [2.45, 2.75) is 51.5 Å². The lowest BCUT2D eigenvalue weighted by molar-refractivity contribution is 0.0569. The number of benzene rings is 1. The molecule has 112 valence electrons. The lowest BCUT2D eigenvalue weighted by atomic mass is 9.97. The van der Waals surface area contributed by atoms with E-state index >= 15 is 0 Å². The number of nitrogens with zero attached hydrogens (tertiary/aromatic N) is 1. The van der Waals surface area contributed by atoms with Gasteiger partial charge in [0.2, 0.25) is 0 Å². The molecule has 2 aliphatic rings. The molecular formula is C17H22N2O2. The Balaban J connectivity index is 1.86. The van der Waals surface area contributed by atoms with Gasteiger partial charge in [0, 0.05) is 11.7 Å². The van der Waals surface area contributed by atoms with Gasteiger partial charge in [-0.15, -0.1) is 0 Å². The van der Waals surface area contributed by atoms with E-state index in [1.54, 1.807) is 18.2 Å². The van der Waals surface area contributed by atoms with Gasteiger partial charge in [-0.2, -0.15) is 0 Å². The van der Waals surface area contributed by atoms with Gasteiger partial charge in [0.05, 0.1) is 11.1 Å². The predicted molar refractivity (Wildman–Crippen MR) is 82.0 cm³/mol. The minimum Gasteiger partial charge on any atom is -0.398 e. The third-order valence-electron chi connectivity index (χ3n) is 4.98. The van der Waals surface area contributed by atoms with Crippen LogP contribution < -0.4 is 5.73 Å². The van der Waals surface area contributed by atoms with Crippen LogP contribution in [-0.2, 0) is 0 Å². The molecule has 2 atom stereocenters.